The lowest BCUT2D eigenvalue weighted by molar-refractivity contribution is -0.144. The van der Waals surface area contributed by atoms with Gasteiger partial charge in [-0.25, -0.2) is 0 Å². The average molecular weight is 312 g/mol. The number of thiophene rings is 1. The first-order valence-corrected chi connectivity index (χ1v) is 6.78. The van der Waals surface area contributed by atoms with E-state index in [9.17, 15) is 18.0 Å². The Bertz CT molecular complexity index is 750. The van der Waals surface area contributed by atoms with Gasteiger partial charge in [0.1, 0.15) is 5.69 Å². The van der Waals surface area contributed by atoms with Gasteiger partial charge in [-0.3, -0.25) is 9.36 Å². The van der Waals surface area contributed by atoms with Crippen molar-refractivity contribution < 1.29 is 13.2 Å². The number of rotatable bonds is 2. The number of nitrogens with two attached hydrogens (primary N) is 1. The molecule has 0 aliphatic heterocycles. The molecule has 2 N–H and O–H groups in total. The summed E-state index contributed by atoms with van der Waals surface area (Å²) < 4.78 is 39.4. The van der Waals surface area contributed by atoms with E-state index in [0.29, 0.717) is 14.3 Å². The summed E-state index contributed by atoms with van der Waals surface area (Å²) in [5.41, 5.74) is 3.61. The molecule has 0 aliphatic rings. The van der Waals surface area contributed by atoms with Crippen LogP contribution in [0.3, 0.4) is 0 Å². The van der Waals surface area contributed by atoms with E-state index in [2.05, 4.69) is 11.8 Å². The zero-order valence-electron chi connectivity index (χ0n) is 10.8. The van der Waals surface area contributed by atoms with Gasteiger partial charge in [-0.15, -0.1) is 11.3 Å². The molecule has 0 fully saturated rings. The molecule has 0 saturated carbocycles. The van der Waals surface area contributed by atoms with Crippen LogP contribution in [0.4, 0.5) is 13.2 Å². The minimum Gasteiger partial charge on any atom is -0.320 e. The highest BCUT2D eigenvalue weighted by Gasteiger charge is 2.34. The fraction of sp³-hybridized carbons (Fsp3) is 0.214. The zero-order valence-corrected chi connectivity index (χ0v) is 11.6. The number of hydrogen-bond acceptors (Lipinski definition) is 3. The second-order valence-electron chi connectivity index (χ2n) is 4.11. The van der Waals surface area contributed by atoms with Crippen LogP contribution in [0.1, 0.15) is 15.4 Å². The fourth-order valence-electron chi connectivity index (χ4n) is 1.75. The maximum atomic E-state index is 12.9. The van der Waals surface area contributed by atoms with Crippen LogP contribution in [0.5, 0.6) is 0 Å². The average Bonchev–Trinajstić information content (AvgIpc) is 2.85. The quantitative estimate of drug-likeness (QED) is 0.865. The van der Waals surface area contributed by atoms with E-state index < -0.39 is 17.4 Å². The number of aromatic nitrogens is 1. The van der Waals surface area contributed by atoms with Crippen LogP contribution in [0.2, 0.25) is 0 Å². The van der Waals surface area contributed by atoms with Crippen molar-refractivity contribution in [3.05, 3.63) is 56.1 Å². The van der Waals surface area contributed by atoms with E-state index in [1.54, 1.807) is 12.1 Å². The molecule has 0 saturated heterocycles. The third kappa shape index (κ3) is 3.74. The Morgan fingerprint density at radius 2 is 2.00 bits per heavy atom. The van der Waals surface area contributed by atoms with Gasteiger partial charge in [0.05, 0.1) is 18.0 Å². The maximum absolute atomic E-state index is 12.9. The largest absolute Gasteiger partial charge is 0.431 e. The summed E-state index contributed by atoms with van der Waals surface area (Å²) in [6, 6.07) is 6.46. The summed E-state index contributed by atoms with van der Waals surface area (Å²) >= 11 is 1.24. The highest BCUT2D eigenvalue weighted by atomic mass is 32.1. The molecular weight excluding hydrogens is 301 g/mol. The summed E-state index contributed by atoms with van der Waals surface area (Å²) in [4.78, 5) is 13.0. The summed E-state index contributed by atoms with van der Waals surface area (Å²) in [6.07, 6.45) is -4.57. The first-order valence-electron chi connectivity index (χ1n) is 5.96. The van der Waals surface area contributed by atoms with Crippen molar-refractivity contribution in [2.45, 2.75) is 12.7 Å². The fourth-order valence-corrected chi connectivity index (χ4v) is 2.63. The second-order valence-corrected chi connectivity index (χ2v) is 5.27. The van der Waals surface area contributed by atoms with Gasteiger partial charge in [0.25, 0.3) is 5.56 Å². The van der Waals surface area contributed by atoms with Crippen molar-refractivity contribution in [2.24, 2.45) is 5.73 Å². The van der Waals surface area contributed by atoms with E-state index >= 15 is 0 Å². The molecule has 0 aromatic carbocycles. The Balaban J connectivity index is 2.36. The number of alkyl halides is 3. The predicted octanol–water partition coefficient (Wildman–Crippen LogP) is 2.29. The third-order valence-corrected chi connectivity index (χ3v) is 3.61. The van der Waals surface area contributed by atoms with E-state index in [4.69, 9.17) is 5.73 Å². The van der Waals surface area contributed by atoms with Crippen molar-refractivity contribution in [2.75, 3.05) is 6.54 Å². The highest BCUT2D eigenvalue weighted by molar-refractivity contribution is 7.12. The SMILES string of the molecule is NCC#Cc1ccc(Cn2c(C(F)(F)F)cccc2=O)s1. The summed E-state index contributed by atoms with van der Waals surface area (Å²) in [5, 5.41) is 0. The second kappa shape index (κ2) is 6.16. The zero-order chi connectivity index (χ0) is 15.5. The Labute approximate surface area is 122 Å². The molecule has 110 valence electrons. The van der Waals surface area contributed by atoms with Gasteiger partial charge in [-0.1, -0.05) is 17.9 Å². The van der Waals surface area contributed by atoms with Gasteiger partial charge in [-0.2, -0.15) is 13.2 Å². The van der Waals surface area contributed by atoms with E-state index in [-0.39, 0.29) is 13.1 Å². The third-order valence-electron chi connectivity index (χ3n) is 2.63. The van der Waals surface area contributed by atoms with Crippen molar-refractivity contribution in [3.63, 3.8) is 0 Å². The molecule has 0 radical (unpaired) electrons. The number of nitrogens with zero attached hydrogens (tertiary/aromatic N) is 1. The molecule has 0 bridgehead atoms. The number of pyridine rings is 1. The Morgan fingerprint density at radius 3 is 2.67 bits per heavy atom. The van der Waals surface area contributed by atoms with E-state index in [1.165, 1.54) is 11.3 Å². The monoisotopic (exact) mass is 312 g/mol. The first-order chi connectivity index (χ1) is 9.91. The number of halogens is 3. The minimum atomic E-state index is -4.57. The Morgan fingerprint density at radius 1 is 1.24 bits per heavy atom. The van der Waals surface area contributed by atoms with Crippen molar-refractivity contribution in [3.8, 4) is 11.8 Å². The van der Waals surface area contributed by atoms with Gasteiger partial charge in [-0.05, 0) is 18.2 Å². The normalized spacial score (nSPS) is 11.0. The van der Waals surface area contributed by atoms with Crippen LogP contribution in [0.25, 0.3) is 0 Å². The molecule has 21 heavy (non-hydrogen) atoms. The summed E-state index contributed by atoms with van der Waals surface area (Å²) in [5.74, 6) is 5.47. The Kier molecular flexibility index (Phi) is 4.50. The molecule has 0 spiro atoms. The van der Waals surface area contributed by atoms with E-state index in [0.717, 1.165) is 18.2 Å². The molecule has 0 atom stereocenters. The van der Waals surface area contributed by atoms with Crippen LogP contribution >= 0.6 is 11.3 Å². The highest BCUT2D eigenvalue weighted by Crippen LogP contribution is 2.29. The molecule has 2 aromatic heterocycles. The molecule has 3 nitrogen and oxygen atoms in total. The van der Waals surface area contributed by atoms with Gasteiger partial charge >= 0.3 is 6.18 Å². The van der Waals surface area contributed by atoms with Crippen LogP contribution in [-0.2, 0) is 12.7 Å². The van der Waals surface area contributed by atoms with Crippen molar-refractivity contribution >= 4 is 11.3 Å². The first kappa shape index (κ1) is 15.4. The smallest absolute Gasteiger partial charge is 0.320 e. The van der Waals surface area contributed by atoms with E-state index in [1.807, 2.05) is 0 Å². The van der Waals surface area contributed by atoms with Crippen LogP contribution in [-0.4, -0.2) is 11.1 Å². The van der Waals surface area contributed by atoms with Crippen LogP contribution in [0.15, 0.2) is 35.1 Å². The number of hydrogen-bond donors (Lipinski definition) is 1. The summed E-state index contributed by atoms with van der Waals surface area (Å²) in [7, 11) is 0. The molecule has 2 heterocycles. The molecule has 7 heteroatoms. The maximum Gasteiger partial charge on any atom is 0.431 e. The molecule has 0 amide bonds. The van der Waals surface area contributed by atoms with Crippen LogP contribution < -0.4 is 11.3 Å². The standard InChI is InChI=1S/C14H11F3N2OS/c15-14(16,17)12-4-1-5-13(20)19(12)9-11-7-6-10(21-11)3-2-8-18/h1,4-7H,8-9,18H2. The lowest BCUT2D eigenvalue weighted by Crippen LogP contribution is -2.27. The molecule has 0 unspecified atom stereocenters. The topological polar surface area (TPSA) is 48.0 Å². The van der Waals surface area contributed by atoms with Gasteiger partial charge < -0.3 is 5.73 Å². The lowest BCUT2D eigenvalue weighted by Gasteiger charge is -2.13. The molecular formula is C14H11F3N2OS. The van der Waals surface area contributed by atoms with Gasteiger partial charge in [0.2, 0.25) is 0 Å². The van der Waals surface area contributed by atoms with Crippen molar-refractivity contribution in [1.29, 1.82) is 0 Å². The lowest BCUT2D eigenvalue weighted by atomic mass is 10.3. The minimum absolute atomic E-state index is 0.135. The van der Waals surface area contributed by atoms with Crippen molar-refractivity contribution in [1.82, 2.24) is 4.57 Å². The molecule has 2 rings (SSSR count). The molecule has 0 aliphatic carbocycles. The Hall–Kier alpha value is -2.04. The van der Waals surface area contributed by atoms with Crippen LogP contribution in [0, 0.1) is 11.8 Å². The molecule has 2 aromatic rings. The predicted molar refractivity (Wildman–Crippen MR) is 75.1 cm³/mol. The van der Waals surface area contributed by atoms with Gasteiger partial charge in [0.15, 0.2) is 0 Å². The summed E-state index contributed by atoms with van der Waals surface area (Å²) in [6.45, 7) is 0.0765. The van der Waals surface area contributed by atoms with Gasteiger partial charge in [0, 0.05) is 10.9 Å².